The van der Waals surface area contributed by atoms with Crippen molar-refractivity contribution in [2.24, 2.45) is 0 Å². The molecule has 14 heteroatoms. The van der Waals surface area contributed by atoms with Gasteiger partial charge in [-0.15, -0.1) is 0 Å². The molecule has 2 bridgehead atoms. The molecular formula is C29H24ClFN8O4. The minimum absolute atomic E-state index is 0.0776. The lowest BCUT2D eigenvalue weighted by molar-refractivity contribution is -0.116. The number of ether oxygens (including phenoxy) is 1. The zero-order valence-electron chi connectivity index (χ0n) is 22.6. The van der Waals surface area contributed by atoms with E-state index in [2.05, 4.69) is 41.8 Å². The Morgan fingerprint density at radius 1 is 1.26 bits per heavy atom. The summed E-state index contributed by atoms with van der Waals surface area (Å²) in [5.74, 6) is -1.17. The van der Waals surface area contributed by atoms with Gasteiger partial charge in [0.1, 0.15) is 29.0 Å². The lowest BCUT2D eigenvalue weighted by atomic mass is 10.1. The number of imidazole rings is 1. The summed E-state index contributed by atoms with van der Waals surface area (Å²) in [4.78, 5) is 45.4. The van der Waals surface area contributed by atoms with Gasteiger partial charge < -0.3 is 20.4 Å². The van der Waals surface area contributed by atoms with E-state index in [1.165, 1.54) is 42.4 Å². The van der Waals surface area contributed by atoms with Gasteiger partial charge in [0, 0.05) is 23.9 Å². The zero-order valence-corrected chi connectivity index (χ0v) is 23.4. The average molecular weight is 603 g/mol. The van der Waals surface area contributed by atoms with Crippen molar-refractivity contribution in [1.29, 1.82) is 5.26 Å². The number of aromatic amines is 1. The van der Waals surface area contributed by atoms with Crippen molar-refractivity contribution in [1.82, 2.24) is 25.1 Å². The molecule has 3 amide bonds. The van der Waals surface area contributed by atoms with Gasteiger partial charge in [-0.05, 0) is 43.2 Å². The minimum Gasteiger partial charge on any atom is -0.453 e. The maximum atomic E-state index is 14.5. The number of hydrogen-bond donors (Lipinski definition) is 4. The molecule has 0 fully saturated rings. The number of amides is 3. The predicted molar refractivity (Wildman–Crippen MR) is 155 cm³/mol. The van der Waals surface area contributed by atoms with Gasteiger partial charge in [0.25, 0.3) is 5.91 Å². The standard InChI is InChI=1S/C29H24ClFN8O4/c1-43-29(42)34-17-10-11-18-21(12-17)35-24(40)9-4-2-3-7-20(27-36-22(13-32)26(18)38-27)37-28(41)16-14-33-39(15-16)23-8-5-6-19(30)25(23)31/h2-3,5-6,8,10-12,14-15,20H,4,7,9H2,1H3,(H,34,42)(H,35,40)(H,36,38)(H,37,41)/b3-2+. The van der Waals surface area contributed by atoms with Gasteiger partial charge in [-0.1, -0.05) is 29.8 Å². The Kier molecular flexibility index (Phi) is 8.49. The van der Waals surface area contributed by atoms with Crippen LogP contribution < -0.4 is 16.0 Å². The summed E-state index contributed by atoms with van der Waals surface area (Å²) in [5.41, 5.74) is 1.67. The lowest BCUT2D eigenvalue weighted by Gasteiger charge is -2.14. The average Bonchev–Trinajstić information content (AvgIpc) is 3.66. The molecule has 1 atom stereocenters. The third kappa shape index (κ3) is 6.39. The molecule has 2 aromatic carbocycles. The smallest absolute Gasteiger partial charge is 0.411 e. The fraction of sp³-hybridized carbons (Fsp3) is 0.172. The van der Waals surface area contributed by atoms with Crippen molar-refractivity contribution < 1.29 is 23.5 Å². The van der Waals surface area contributed by atoms with Crippen LogP contribution in [-0.4, -0.2) is 44.8 Å². The fourth-order valence-electron chi connectivity index (χ4n) is 4.43. The number of nitrogens with one attached hydrogen (secondary N) is 4. The monoisotopic (exact) mass is 602 g/mol. The number of halogens is 2. The molecule has 0 radical (unpaired) electrons. The molecule has 0 saturated heterocycles. The van der Waals surface area contributed by atoms with Crippen LogP contribution in [0.3, 0.4) is 0 Å². The molecule has 4 aromatic rings. The largest absolute Gasteiger partial charge is 0.453 e. The van der Waals surface area contributed by atoms with Crippen molar-refractivity contribution in [3.05, 3.63) is 88.9 Å². The van der Waals surface area contributed by atoms with Crippen LogP contribution in [0.25, 0.3) is 16.9 Å². The summed E-state index contributed by atoms with van der Waals surface area (Å²) >= 11 is 5.89. The van der Waals surface area contributed by atoms with Crippen LogP contribution in [0.5, 0.6) is 0 Å². The second-order valence-electron chi connectivity index (χ2n) is 9.40. The van der Waals surface area contributed by atoms with Gasteiger partial charge >= 0.3 is 6.09 Å². The molecule has 4 N–H and O–H groups in total. The highest BCUT2D eigenvalue weighted by Gasteiger charge is 2.24. The molecule has 5 rings (SSSR count). The first-order chi connectivity index (χ1) is 20.8. The number of hydrogen-bond acceptors (Lipinski definition) is 7. The number of nitriles is 1. The van der Waals surface area contributed by atoms with Crippen LogP contribution in [0.15, 0.2) is 60.9 Å². The number of methoxy groups -OCH3 is 1. The van der Waals surface area contributed by atoms with Crippen molar-refractivity contribution in [3.63, 3.8) is 0 Å². The van der Waals surface area contributed by atoms with Crippen LogP contribution in [0.1, 0.15) is 47.2 Å². The highest BCUT2D eigenvalue weighted by atomic mass is 35.5. The second kappa shape index (κ2) is 12.6. The summed E-state index contributed by atoms with van der Waals surface area (Å²) in [7, 11) is 1.23. The van der Waals surface area contributed by atoms with Crippen molar-refractivity contribution in [3.8, 4) is 23.0 Å². The van der Waals surface area contributed by atoms with Gasteiger partial charge in [-0.25, -0.2) is 18.9 Å². The summed E-state index contributed by atoms with van der Waals surface area (Å²) in [6.07, 6.45) is 6.47. The SMILES string of the molecule is COC(=O)Nc1ccc2c(c1)NC(=O)CC/C=C/CC(NC(=O)c1cnn(-c3cccc(Cl)c3F)c1)c1nc-2c(C#N)[nH]1. The van der Waals surface area contributed by atoms with E-state index < -0.39 is 23.9 Å². The molecule has 1 unspecified atom stereocenters. The molecule has 218 valence electrons. The molecule has 2 aromatic heterocycles. The van der Waals surface area contributed by atoms with E-state index in [0.29, 0.717) is 29.2 Å². The zero-order chi connectivity index (χ0) is 30.5. The van der Waals surface area contributed by atoms with Crippen molar-refractivity contribution in [2.75, 3.05) is 17.7 Å². The molecule has 12 nitrogen and oxygen atoms in total. The molecular weight excluding hydrogens is 579 g/mol. The maximum absolute atomic E-state index is 14.5. The first-order valence-corrected chi connectivity index (χ1v) is 13.4. The van der Waals surface area contributed by atoms with Crippen LogP contribution >= 0.6 is 11.6 Å². The fourth-order valence-corrected chi connectivity index (χ4v) is 4.60. The van der Waals surface area contributed by atoms with Gasteiger partial charge in [0.2, 0.25) is 5.91 Å². The lowest BCUT2D eigenvalue weighted by Crippen LogP contribution is -2.29. The Balaban J connectivity index is 1.49. The molecule has 0 saturated carbocycles. The van der Waals surface area contributed by atoms with Crippen LogP contribution in [0, 0.1) is 17.1 Å². The number of H-pyrrole nitrogens is 1. The first-order valence-electron chi connectivity index (χ1n) is 13.0. The molecule has 43 heavy (non-hydrogen) atoms. The number of fused-ring (bicyclic) bond motifs is 4. The van der Waals surface area contributed by atoms with E-state index >= 15 is 0 Å². The van der Waals surface area contributed by atoms with Crippen LogP contribution in [0.4, 0.5) is 20.6 Å². The molecule has 3 heterocycles. The number of nitrogens with zero attached hydrogens (tertiary/aromatic N) is 4. The summed E-state index contributed by atoms with van der Waals surface area (Å²) in [6, 6.07) is 10.6. The predicted octanol–water partition coefficient (Wildman–Crippen LogP) is 5.25. The van der Waals surface area contributed by atoms with E-state index in [1.54, 1.807) is 24.3 Å². The number of anilines is 2. The highest BCUT2D eigenvalue weighted by Crippen LogP contribution is 2.34. The number of rotatable bonds is 4. The Morgan fingerprint density at radius 3 is 2.88 bits per heavy atom. The number of carbonyl (C=O) groups excluding carboxylic acids is 3. The number of aromatic nitrogens is 4. The Bertz CT molecular complexity index is 1790. The summed E-state index contributed by atoms with van der Waals surface area (Å²) in [5, 5.41) is 22.2. The Labute approximate surface area is 249 Å². The van der Waals surface area contributed by atoms with Crippen LogP contribution in [0.2, 0.25) is 5.02 Å². The maximum Gasteiger partial charge on any atom is 0.411 e. The van der Waals surface area contributed by atoms with Crippen molar-refractivity contribution >= 4 is 40.9 Å². The number of carbonyl (C=O) groups is 3. The van der Waals surface area contributed by atoms with Gasteiger partial charge in [-0.2, -0.15) is 10.4 Å². The second-order valence-corrected chi connectivity index (χ2v) is 9.81. The number of benzene rings is 2. The Hall–Kier alpha value is -5.48. The normalized spacial score (nSPS) is 15.4. The molecule has 0 spiro atoms. The molecule has 1 aliphatic heterocycles. The van der Waals surface area contributed by atoms with E-state index in [1.807, 2.05) is 6.08 Å². The minimum atomic E-state index is -0.705. The third-order valence-electron chi connectivity index (χ3n) is 6.55. The third-order valence-corrected chi connectivity index (χ3v) is 6.84. The van der Waals surface area contributed by atoms with Gasteiger partial charge in [0.15, 0.2) is 5.82 Å². The van der Waals surface area contributed by atoms with Gasteiger partial charge in [0.05, 0.1) is 35.6 Å². The Morgan fingerprint density at radius 2 is 2.09 bits per heavy atom. The number of allylic oxidation sites excluding steroid dienone is 1. The van der Waals surface area contributed by atoms with E-state index in [-0.39, 0.29) is 46.4 Å². The summed E-state index contributed by atoms with van der Waals surface area (Å²) < 4.78 is 20.4. The first kappa shape index (κ1) is 29.0. The topological polar surface area (TPSA) is 167 Å². The van der Waals surface area contributed by atoms with E-state index in [0.717, 1.165) is 0 Å². The highest BCUT2D eigenvalue weighted by molar-refractivity contribution is 6.30. The van der Waals surface area contributed by atoms with Crippen LogP contribution in [-0.2, 0) is 9.53 Å². The molecule has 0 aliphatic carbocycles. The molecule has 1 aliphatic rings. The summed E-state index contributed by atoms with van der Waals surface area (Å²) in [6.45, 7) is 0. The quantitative estimate of drug-likeness (QED) is 0.231. The van der Waals surface area contributed by atoms with E-state index in [9.17, 15) is 24.0 Å². The van der Waals surface area contributed by atoms with E-state index in [4.69, 9.17) is 11.6 Å². The van der Waals surface area contributed by atoms with Gasteiger partial charge in [-0.3, -0.25) is 14.9 Å². The van der Waals surface area contributed by atoms with Crippen molar-refractivity contribution in [2.45, 2.75) is 25.3 Å².